The number of hydrogen-bond acceptors (Lipinski definition) is 2. The van der Waals surface area contributed by atoms with Gasteiger partial charge in [0.25, 0.3) is 5.91 Å². The van der Waals surface area contributed by atoms with Crippen LogP contribution in [0.1, 0.15) is 29.9 Å². The average Bonchev–Trinajstić information content (AvgIpc) is 2.80. The Hall–Kier alpha value is -0.940. The van der Waals surface area contributed by atoms with Crippen LogP contribution in [0.3, 0.4) is 0 Å². The van der Waals surface area contributed by atoms with Crippen LogP contribution in [0.5, 0.6) is 0 Å². The number of hydrogen-bond donors (Lipinski definition) is 1. The van der Waals surface area contributed by atoms with Gasteiger partial charge in [0, 0.05) is 16.1 Å². The van der Waals surface area contributed by atoms with Crippen molar-refractivity contribution in [2.24, 2.45) is 5.92 Å². The van der Waals surface area contributed by atoms with Gasteiger partial charge in [0.05, 0.1) is 4.88 Å². The van der Waals surface area contributed by atoms with E-state index in [1.54, 1.807) is 6.07 Å². The molecule has 0 bridgehead atoms. The number of nitrogens with one attached hydrogen (secondary N) is 1. The maximum atomic E-state index is 13.2. The van der Waals surface area contributed by atoms with Crippen molar-refractivity contribution < 1.29 is 9.18 Å². The first-order chi connectivity index (χ1) is 9.51. The van der Waals surface area contributed by atoms with Gasteiger partial charge in [-0.1, -0.05) is 35.8 Å². The largest absolute Gasteiger partial charge is 0.348 e. The third-order valence-electron chi connectivity index (χ3n) is 3.25. The van der Waals surface area contributed by atoms with Crippen molar-refractivity contribution in [2.75, 3.05) is 5.33 Å². The van der Waals surface area contributed by atoms with E-state index in [1.807, 2.05) is 6.07 Å². The lowest BCUT2D eigenvalue weighted by atomic mass is 10.0. The smallest absolute Gasteiger partial charge is 0.261 e. The van der Waals surface area contributed by atoms with Gasteiger partial charge in [-0.3, -0.25) is 4.79 Å². The summed E-state index contributed by atoms with van der Waals surface area (Å²) in [5.74, 6) is 0.0280. The molecule has 0 aliphatic heterocycles. The molecule has 2 aromatic rings. The van der Waals surface area contributed by atoms with Gasteiger partial charge in [0.1, 0.15) is 5.82 Å². The lowest BCUT2D eigenvalue weighted by molar-refractivity contribution is 0.0929. The van der Waals surface area contributed by atoms with E-state index in [0.717, 1.165) is 21.8 Å². The zero-order valence-corrected chi connectivity index (χ0v) is 13.9. The average molecular weight is 358 g/mol. The molecule has 2 nitrogen and oxygen atoms in total. The van der Waals surface area contributed by atoms with Crippen LogP contribution in [0.25, 0.3) is 10.1 Å². The molecule has 1 N–H and O–H groups in total. The lowest BCUT2D eigenvalue weighted by Gasteiger charge is -2.21. The van der Waals surface area contributed by atoms with Crippen LogP contribution in [0, 0.1) is 11.7 Å². The summed E-state index contributed by atoms with van der Waals surface area (Å²) in [6, 6.07) is 6.55. The molecule has 1 amide bonds. The van der Waals surface area contributed by atoms with E-state index in [2.05, 4.69) is 35.1 Å². The summed E-state index contributed by atoms with van der Waals surface area (Å²) in [4.78, 5) is 12.9. The minimum absolute atomic E-state index is 0.0775. The summed E-state index contributed by atoms with van der Waals surface area (Å²) in [7, 11) is 0. The molecular weight excluding hydrogens is 341 g/mol. The molecule has 1 heterocycles. The van der Waals surface area contributed by atoms with E-state index >= 15 is 0 Å². The number of carbonyl (C=O) groups excluding carboxylic acids is 1. The Labute approximate surface area is 130 Å². The van der Waals surface area contributed by atoms with E-state index in [1.165, 1.54) is 23.5 Å². The van der Waals surface area contributed by atoms with Gasteiger partial charge in [-0.25, -0.2) is 4.39 Å². The first kappa shape index (κ1) is 15.4. The minimum Gasteiger partial charge on any atom is -0.348 e. The molecule has 0 spiro atoms. The Bertz CT molecular complexity index is 611. The second-order valence-corrected chi connectivity index (χ2v) is 6.97. The Morgan fingerprint density at radius 2 is 2.15 bits per heavy atom. The maximum Gasteiger partial charge on any atom is 0.261 e. The Morgan fingerprint density at radius 1 is 1.40 bits per heavy atom. The number of rotatable bonds is 5. The topological polar surface area (TPSA) is 29.1 Å². The van der Waals surface area contributed by atoms with E-state index in [4.69, 9.17) is 0 Å². The van der Waals surface area contributed by atoms with Crippen molar-refractivity contribution in [2.45, 2.75) is 26.3 Å². The number of amides is 1. The van der Waals surface area contributed by atoms with Gasteiger partial charge in [-0.15, -0.1) is 11.3 Å². The van der Waals surface area contributed by atoms with Crippen molar-refractivity contribution in [3.05, 3.63) is 35.0 Å². The molecule has 2 rings (SSSR count). The molecule has 1 unspecified atom stereocenters. The summed E-state index contributed by atoms with van der Waals surface area (Å²) in [6.45, 7) is 4.18. The van der Waals surface area contributed by atoms with Crippen LogP contribution in [0.2, 0.25) is 0 Å². The van der Waals surface area contributed by atoms with E-state index in [9.17, 15) is 9.18 Å². The van der Waals surface area contributed by atoms with Crippen molar-refractivity contribution in [1.82, 2.24) is 5.32 Å². The van der Waals surface area contributed by atoms with Gasteiger partial charge in [0.15, 0.2) is 0 Å². The van der Waals surface area contributed by atoms with Crippen molar-refractivity contribution in [3.63, 3.8) is 0 Å². The van der Waals surface area contributed by atoms with Crippen LogP contribution in [0.4, 0.5) is 4.39 Å². The highest BCUT2D eigenvalue weighted by Gasteiger charge is 2.18. The van der Waals surface area contributed by atoms with Gasteiger partial charge < -0.3 is 5.32 Å². The van der Waals surface area contributed by atoms with Crippen LogP contribution < -0.4 is 5.32 Å². The number of thiophene rings is 1. The second kappa shape index (κ2) is 6.68. The normalized spacial score (nSPS) is 12.8. The Kier molecular flexibility index (Phi) is 5.16. The third kappa shape index (κ3) is 3.58. The first-order valence-electron chi connectivity index (χ1n) is 6.57. The third-order valence-corrected chi connectivity index (χ3v) is 4.80. The predicted octanol–water partition coefficient (Wildman–Crippen LogP) is 4.58. The van der Waals surface area contributed by atoms with Crippen LogP contribution in [-0.2, 0) is 0 Å². The molecule has 1 aromatic carbocycles. The summed E-state index contributed by atoms with van der Waals surface area (Å²) >= 11 is 4.74. The fourth-order valence-electron chi connectivity index (χ4n) is 2.05. The number of carbonyl (C=O) groups is 1. The minimum atomic E-state index is -0.273. The van der Waals surface area contributed by atoms with Crippen molar-refractivity contribution >= 4 is 43.3 Å². The van der Waals surface area contributed by atoms with E-state index in [-0.39, 0.29) is 17.8 Å². The highest BCUT2D eigenvalue weighted by Crippen LogP contribution is 2.26. The highest BCUT2D eigenvalue weighted by atomic mass is 79.9. The molecule has 0 radical (unpaired) electrons. The zero-order chi connectivity index (χ0) is 14.7. The molecule has 0 fully saturated rings. The maximum absolute atomic E-state index is 13.2. The zero-order valence-electron chi connectivity index (χ0n) is 11.5. The van der Waals surface area contributed by atoms with Crippen LogP contribution in [-0.4, -0.2) is 17.3 Å². The molecule has 108 valence electrons. The summed E-state index contributed by atoms with van der Waals surface area (Å²) in [6.07, 6.45) is 0.892. The summed E-state index contributed by atoms with van der Waals surface area (Å²) in [5, 5.41) is 4.82. The quantitative estimate of drug-likeness (QED) is 0.779. The number of fused-ring (bicyclic) bond motifs is 1. The Balaban J connectivity index is 2.18. The second-order valence-electron chi connectivity index (χ2n) is 5.09. The van der Waals surface area contributed by atoms with Crippen molar-refractivity contribution in [1.29, 1.82) is 0 Å². The lowest BCUT2D eigenvalue weighted by Crippen LogP contribution is -2.38. The summed E-state index contributed by atoms with van der Waals surface area (Å²) < 4.78 is 14.0. The molecule has 0 saturated heterocycles. The Morgan fingerprint density at radius 3 is 2.80 bits per heavy atom. The molecule has 0 aliphatic carbocycles. The SMILES string of the molecule is CC(C)C(CCBr)NC(=O)c1cc2ccc(F)cc2s1. The number of halogens is 2. The van der Waals surface area contributed by atoms with Crippen LogP contribution >= 0.6 is 27.3 Å². The molecule has 1 aromatic heterocycles. The van der Waals surface area contributed by atoms with E-state index < -0.39 is 0 Å². The fourth-order valence-corrected chi connectivity index (χ4v) is 3.53. The van der Waals surface area contributed by atoms with Gasteiger partial charge in [-0.05, 0) is 35.9 Å². The predicted molar refractivity (Wildman–Crippen MR) is 86.3 cm³/mol. The molecule has 20 heavy (non-hydrogen) atoms. The standard InChI is InChI=1S/C15H17BrFNOS/c1-9(2)12(5-6-16)18-15(19)14-7-10-3-4-11(17)8-13(10)20-14/h3-4,7-9,12H,5-6H2,1-2H3,(H,18,19). The first-order valence-corrected chi connectivity index (χ1v) is 8.51. The molecule has 0 saturated carbocycles. The number of alkyl halides is 1. The fraction of sp³-hybridized carbons (Fsp3) is 0.400. The molecule has 5 heteroatoms. The number of benzene rings is 1. The molecule has 1 atom stereocenters. The monoisotopic (exact) mass is 357 g/mol. The van der Waals surface area contributed by atoms with E-state index in [0.29, 0.717) is 10.8 Å². The van der Waals surface area contributed by atoms with Gasteiger partial charge >= 0.3 is 0 Å². The van der Waals surface area contributed by atoms with Crippen LogP contribution in [0.15, 0.2) is 24.3 Å². The van der Waals surface area contributed by atoms with Crippen molar-refractivity contribution in [3.8, 4) is 0 Å². The van der Waals surface area contributed by atoms with Gasteiger partial charge in [0.2, 0.25) is 0 Å². The van der Waals surface area contributed by atoms with Gasteiger partial charge in [-0.2, -0.15) is 0 Å². The molecular formula is C15H17BrFNOS. The summed E-state index contributed by atoms with van der Waals surface area (Å²) in [5.41, 5.74) is 0. The highest BCUT2D eigenvalue weighted by molar-refractivity contribution is 9.09. The molecule has 0 aliphatic rings.